The molecular formula is C20H22ClN5O. The molecule has 27 heavy (non-hydrogen) atoms. The summed E-state index contributed by atoms with van der Waals surface area (Å²) in [6.45, 7) is 3.62. The molecule has 6 nitrogen and oxygen atoms in total. The van der Waals surface area contributed by atoms with Gasteiger partial charge in [-0.2, -0.15) is 0 Å². The van der Waals surface area contributed by atoms with Crippen LogP contribution in [0.5, 0.6) is 0 Å². The zero-order chi connectivity index (χ0) is 18.8. The second-order valence-electron chi connectivity index (χ2n) is 6.97. The van der Waals surface area contributed by atoms with E-state index in [1.165, 1.54) is 0 Å². The number of aromatic nitrogens is 3. The van der Waals surface area contributed by atoms with Crippen molar-refractivity contribution in [1.82, 2.24) is 19.5 Å². The fourth-order valence-corrected chi connectivity index (χ4v) is 3.86. The van der Waals surface area contributed by atoms with Crippen LogP contribution in [0.25, 0.3) is 5.65 Å². The molecule has 1 N–H and O–H groups in total. The lowest BCUT2D eigenvalue weighted by molar-refractivity contribution is -0.121. The molecule has 140 valence electrons. The van der Waals surface area contributed by atoms with E-state index in [9.17, 15) is 4.79 Å². The van der Waals surface area contributed by atoms with Gasteiger partial charge in [-0.05, 0) is 50.6 Å². The van der Waals surface area contributed by atoms with Crippen LogP contribution in [0.4, 0.5) is 5.69 Å². The van der Waals surface area contributed by atoms with E-state index in [1.807, 2.05) is 53.9 Å². The summed E-state index contributed by atoms with van der Waals surface area (Å²) in [5, 5.41) is 12.2. The molecule has 1 fully saturated rings. The van der Waals surface area contributed by atoms with E-state index in [0.29, 0.717) is 10.7 Å². The number of rotatable bonds is 4. The average molecular weight is 384 g/mol. The van der Waals surface area contributed by atoms with Gasteiger partial charge in [0.25, 0.3) is 0 Å². The number of nitrogens with zero attached hydrogens (tertiary/aromatic N) is 4. The number of nitrogens with one attached hydrogen (secondary N) is 1. The summed E-state index contributed by atoms with van der Waals surface area (Å²) in [6.07, 6.45) is 4.07. The highest BCUT2D eigenvalue weighted by molar-refractivity contribution is 6.33. The van der Waals surface area contributed by atoms with E-state index in [1.54, 1.807) is 6.07 Å². The van der Waals surface area contributed by atoms with Gasteiger partial charge in [-0.3, -0.25) is 14.1 Å². The van der Waals surface area contributed by atoms with E-state index >= 15 is 0 Å². The van der Waals surface area contributed by atoms with Gasteiger partial charge in [-0.1, -0.05) is 29.8 Å². The molecule has 1 amide bonds. The normalized spacial score (nSPS) is 19.1. The molecule has 3 aromatic rings. The Bertz CT molecular complexity index is 956. The minimum Gasteiger partial charge on any atom is -0.323 e. The monoisotopic (exact) mass is 383 g/mol. The number of pyridine rings is 1. The van der Waals surface area contributed by atoms with Crippen LogP contribution in [0, 0.1) is 0 Å². The van der Waals surface area contributed by atoms with E-state index in [0.717, 1.165) is 37.4 Å². The lowest BCUT2D eigenvalue weighted by Gasteiger charge is -2.35. The summed E-state index contributed by atoms with van der Waals surface area (Å²) in [4.78, 5) is 14.9. The molecule has 2 atom stereocenters. The average Bonchev–Trinajstić information content (AvgIpc) is 3.13. The van der Waals surface area contributed by atoms with Crippen LogP contribution < -0.4 is 5.32 Å². The molecule has 1 aliphatic heterocycles. The molecule has 0 aliphatic carbocycles. The van der Waals surface area contributed by atoms with Crippen LogP contribution in [-0.2, 0) is 4.79 Å². The Kier molecular flexibility index (Phi) is 5.09. The summed E-state index contributed by atoms with van der Waals surface area (Å²) in [7, 11) is 0. The molecule has 0 saturated carbocycles. The SMILES string of the molecule is C[C@@H](C(=O)Nc1ccccc1Cl)N1CCC[C@H](c2nnc3ccccn23)C1. The van der Waals surface area contributed by atoms with Crippen molar-refractivity contribution in [2.24, 2.45) is 0 Å². The van der Waals surface area contributed by atoms with Crippen molar-refractivity contribution < 1.29 is 4.79 Å². The molecule has 1 saturated heterocycles. The number of likely N-dealkylation sites (tertiary alicyclic amines) is 1. The van der Waals surface area contributed by atoms with Crippen LogP contribution in [0.2, 0.25) is 5.02 Å². The van der Waals surface area contributed by atoms with E-state index in [2.05, 4.69) is 20.4 Å². The third kappa shape index (κ3) is 3.68. The fraction of sp³-hybridized carbons (Fsp3) is 0.350. The van der Waals surface area contributed by atoms with Crippen LogP contribution in [-0.4, -0.2) is 44.5 Å². The quantitative estimate of drug-likeness (QED) is 0.747. The van der Waals surface area contributed by atoms with Crippen molar-refractivity contribution in [1.29, 1.82) is 0 Å². The third-order valence-corrected chi connectivity index (χ3v) is 5.55. The number of hydrogen-bond donors (Lipinski definition) is 1. The number of benzene rings is 1. The minimum absolute atomic E-state index is 0.0464. The molecule has 0 bridgehead atoms. The van der Waals surface area contributed by atoms with Crippen molar-refractivity contribution >= 4 is 28.8 Å². The maximum absolute atomic E-state index is 12.7. The highest BCUT2D eigenvalue weighted by Crippen LogP contribution is 2.28. The lowest BCUT2D eigenvalue weighted by atomic mass is 9.96. The molecule has 2 aromatic heterocycles. The first kappa shape index (κ1) is 17.9. The molecule has 3 heterocycles. The van der Waals surface area contributed by atoms with E-state index < -0.39 is 0 Å². The smallest absolute Gasteiger partial charge is 0.241 e. The van der Waals surface area contributed by atoms with Crippen molar-refractivity contribution in [3.63, 3.8) is 0 Å². The Balaban J connectivity index is 1.47. The van der Waals surface area contributed by atoms with Gasteiger partial charge >= 0.3 is 0 Å². The molecule has 1 aliphatic rings. The maximum atomic E-state index is 12.7. The molecule has 0 spiro atoms. The lowest BCUT2D eigenvalue weighted by Crippen LogP contribution is -2.46. The summed E-state index contributed by atoms with van der Waals surface area (Å²) < 4.78 is 2.04. The third-order valence-electron chi connectivity index (χ3n) is 5.22. The highest BCUT2D eigenvalue weighted by Gasteiger charge is 2.30. The predicted molar refractivity (Wildman–Crippen MR) is 106 cm³/mol. The molecule has 7 heteroatoms. The van der Waals surface area contributed by atoms with Crippen LogP contribution in [0.3, 0.4) is 0 Å². The van der Waals surface area contributed by atoms with Crippen LogP contribution >= 0.6 is 11.6 Å². The first-order valence-electron chi connectivity index (χ1n) is 9.22. The Morgan fingerprint density at radius 2 is 2.04 bits per heavy atom. The number of para-hydroxylation sites is 1. The Labute approximate surface area is 163 Å². The number of amides is 1. The number of carbonyl (C=O) groups excluding carboxylic acids is 1. The van der Waals surface area contributed by atoms with Crippen LogP contribution in [0.15, 0.2) is 48.7 Å². The van der Waals surface area contributed by atoms with Gasteiger partial charge in [-0.15, -0.1) is 10.2 Å². The summed E-state index contributed by atoms with van der Waals surface area (Å²) in [5.41, 5.74) is 1.50. The maximum Gasteiger partial charge on any atom is 0.241 e. The number of halogens is 1. The van der Waals surface area contributed by atoms with Gasteiger partial charge in [0.05, 0.1) is 16.8 Å². The van der Waals surface area contributed by atoms with Gasteiger partial charge in [0.15, 0.2) is 5.65 Å². The first-order chi connectivity index (χ1) is 13.1. The summed E-state index contributed by atoms with van der Waals surface area (Å²) in [6, 6.07) is 12.9. The molecule has 4 rings (SSSR count). The van der Waals surface area contributed by atoms with E-state index in [-0.39, 0.29) is 17.9 Å². The van der Waals surface area contributed by atoms with Crippen molar-refractivity contribution in [3.05, 3.63) is 59.5 Å². The van der Waals surface area contributed by atoms with Crippen LogP contribution in [0.1, 0.15) is 31.5 Å². The second-order valence-corrected chi connectivity index (χ2v) is 7.37. The summed E-state index contributed by atoms with van der Waals surface area (Å²) in [5.74, 6) is 1.18. The number of anilines is 1. The zero-order valence-corrected chi connectivity index (χ0v) is 15.9. The van der Waals surface area contributed by atoms with Crippen molar-refractivity contribution in [2.45, 2.75) is 31.7 Å². The minimum atomic E-state index is -0.247. The van der Waals surface area contributed by atoms with Crippen molar-refractivity contribution in [2.75, 3.05) is 18.4 Å². The predicted octanol–water partition coefficient (Wildman–Crippen LogP) is 3.59. The number of piperidine rings is 1. The molecule has 0 unspecified atom stereocenters. The summed E-state index contributed by atoms with van der Waals surface area (Å²) >= 11 is 6.16. The number of fused-ring (bicyclic) bond motifs is 1. The molecule has 1 aromatic carbocycles. The van der Waals surface area contributed by atoms with Gasteiger partial charge in [0, 0.05) is 18.7 Å². The van der Waals surface area contributed by atoms with Gasteiger partial charge in [0.2, 0.25) is 5.91 Å². The van der Waals surface area contributed by atoms with Crippen molar-refractivity contribution in [3.8, 4) is 0 Å². The molecule has 0 radical (unpaired) electrons. The highest BCUT2D eigenvalue weighted by atomic mass is 35.5. The standard InChI is InChI=1S/C20H22ClN5O/c1-14(20(27)22-17-9-3-2-8-16(17)21)25-11-6-7-15(13-25)19-24-23-18-10-4-5-12-26(18)19/h2-5,8-10,12,14-15H,6-7,11,13H2,1H3,(H,22,27)/t14-,15-/m0/s1. The van der Waals surface area contributed by atoms with E-state index in [4.69, 9.17) is 11.6 Å². The Morgan fingerprint density at radius 1 is 1.22 bits per heavy atom. The zero-order valence-electron chi connectivity index (χ0n) is 15.2. The fourth-order valence-electron chi connectivity index (χ4n) is 3.67. The number of carbonyl (C=O) groups is 1. The first-order valence-corrected chi connectivity index (χ1v) is 9.60. The molecular weight excluding hydrogens is 362 g/mol. The van der Waals surface area contributed by atoms with Gasteiger partial charge in [-0.25, -0.2) is 0 Å². The Morgan fingerprint density at radius 3 is 2.89 bits per heavy atom. The largest absolute Gasteiger partial charge is 0.323 e. The number of hydrogen-bond acceptors (Lipinski definition) is 4. The van der Waals surface area contributed by atoms with Gasteiger partial charge in [0.1, 0.15) is 5.82 Å². The van der Waals surface area contributed by atoms with Gasteiger partial charge < -0.3 is 5.32 Å². The Hall–Kier alpha value is -2.44. The second kappa shape index (κ2) is 7.66. The topological polar surface area (TPSA) is 62.5 Å².